The number of halogens is 1. The first-order valence-corrected chi connectivity index (χ1v) is 8.35. The van der Waals surface area contributed by atoms with E-state index in [1.807, 2.05) is 13.8 Å². The van der Waals surface area contributed by atoms with Crippen molar-refractivity contribution < 1.29 is 14.3 Å². The van der Waals surface area contributed by atoms with Crippen LogP contribution in [0.15, 0.2) is 18.2 Å². The zero-order valence-electron chi connectivity index (χ0n) is 12.3. The minimum atomic E-state index is -0.274. The van der Waals surface area contributed by atoms with E-state index in [1.54, 1.807) is 18.2 Å². The maximum atomic E-state index is 11.8. The molecule has 0 saturated heterocycles. The smallest absolute Gasteiger partial charge is 0.315 e. The molecule has 0 aliphatic heterocycles. The van der Waals surface area contributed by atoms with E-state index in [4.69, 9.17) is 16.3 Å². The minimum Gasteiger partial charge on any atom is -0.465 e. The zero-order chi connectivity index (χ0) is 15.7. The first-order valence-electron chi connectivity index (χ1n) is 6.82. The lowest BCUT2D eigenvalue weighted by molar-refractivity contribution is -0.140. The monoisotopic (exact) mass is 329 g/mol. The Balaban J connectivity index is 2.26. The highest BCUT2D eigenvalue weighted by Crippen LogP contribution is 2.19. The Bertz CT molecular complexity index is 494. The molecule has 0 aliphatic carbocycles. The predicted molar refractivity (Wildman–Crippen MR) is 88.0 cm³/mol. The summed E-state index contributed by atoms with van der Waals surface area (Å²) in [4.78, 5) is 23.1. The molecule has 0 unspecified atom stereocenters. The van der Waals surface area contributed by atoms with Gasteiger partial charge in [0.05, 0.1) is 18.1 Å². The average molecular weight is 330 g/mol. The number of amides is 1. The van der Waals surface area contributed by atoms with Crippen LogP contribution in [0.5, 0.6) is 0 Å². The second-order valence-electron chi connectivity index (χ2n) is 4.57. The molecular formula is C15H20ClNO3S. The van der Waals surface area contributed by atoms with E-state index < -0.39 is 0 Å². The number of ether oxygens (including phenoxy) is 1. The lowest BCUT2D eigenvalue weighted by atomic mass is 10.2. The van der Waals surface area contributed by atoms with E-state index in [1.165, 1.54) is 11.8 Å². The summed E-state index contributed by atoms with van der Waals surface area (Å²) in [6.07, 6.45) is 1.86. The zero-order valence-corrected chi connectivity index (χ0v) is 13.9. The van der Waals surface area contributed by atoms with Gasteiger partial charge in [-0.1, -0.05) is 24.9 Å². The van der Waals surface area contributed by atoms with Crippen LogP contribution in [0.1, 0.15) is 25.3 Å². The van der Waals surface area contributed by atoms with Crippen molar-refractivity contribution in [3.8, 4) is 0 Å². The maximum Gasteiger partial charge on any atom is 0.315 e. The Hall–Kier alpha value is -1.20. The Kier molecular flexibility index (Phi) is 8.23. The Labute approximate surface area is 134 Å². The van der Waals surface area contributed by atoms with E-state index in [-0.39, 0.29) is 23.4 Å². The second-order valence-corrected chi connectivity index (χ2v) is 6.00. The van der Waals surface area contributed by atoms with Crippen molar-refractivity contribution >= 4 is 40.9 Å². The topological polar surface area (TPSA) is 55.4 Å². The summed E-state index contributed by atoms with van der Waals surface area (Å²) in [5.41, 5.74) is 1.63. The molecule has 0 radical (unpaired) electrons. The average Bonchev–Trinajstić information content (AvgIpc) is 2.42. The van der Waals surface area contributed by atoms with E-state index >= 15 is 0 Å². The normalized spacial score (nSPS) is 10.2. The molecule has 6 heteroatoms. The van der Waals surface area contributed by atoms with Gasteiger partial charge in [0.25, 0.3) is 0 Å². The number of unbranched alkanes of at least 4 members (excludes halogenated alkanes) is 1. The highest BCUT2D eigenvalue weighted by Gasteiger charge is 2.08. The number of benzene rings is 1. The fraction of sp³-hybridized carbons (Fsp3) is 0.467. The van der Waals surface area contributed by atoms with Gasteiger partial charge in [0, 0.05) is 10.7 Å². The molecule has 0 heterocycles. The number of carbonyl (C=O) groups excluding carboxylic acids is 2. The van der Waals surface area contributed by atoms with Crippen molar-refractivity contribution in [3.63, 3.8) is 0 Å². The Morgan fingerprint density at radius 1 is 1.33 bits per heavy atom. The molecule has 21 heavy (non-hydrogen) atoms. The summed E-state index contributed by atoms with van der Waals surface area (Å²) >= 11 is 7.10. The summed E-state index contributed by atoms with van der Waals surface area (Å²) in [5, 5.41) is 3.43. The quantitative estimate of drug-likeness (QED) is 0.584. The van der Waals surface area contributed by atoms with Crippen molar-refractivity contribution in [1.82, 2.24) is 0 Å². The predicted octanol–water partition coefficient (Wildman–Crippen LogP) is 3.66. The third-order valence-electron chi connectivity index (χ3n) is 2.68. The molecule has 1 rings (SSSR count). The maximum absolute atomic E-state index is 11.8. The number of nitrogens with one attached hydrogen (secondary N) is 1. The number of anilines is 1. The molecule has 1 amide bonds. The summed E-state index contributed by atoms with van der Waals surface area (Å²) in [6, 6.07) is 5.27. The summed E-state index contributed by atoms with van der Waals surface area (Å²) in [7, 11) is 0. The molecule has 0 aromatic heterocycles. The number of aryl methyl sites for hydroxylation is 1. The van der Waals surface area contributed by atoms with Gasteiger partial charge in [-0.25, -0.2) is 0 Å². The molecule has 0 fully saturated rings. The summed E-state index contributed by atoms with van der Waals surface area (Å²) < 4.78 is 5.01. The van der Waals surface area contributed by atoms with Crippen LogP contribution in [-0.4, -0.2) is 30.0 Å². The van der Waals surface area contributed by atoms with Gasteiger partial charge in [0.1, 0.15) is 0 Å². The molecule has 0 saturated carbocycles. The van der Waals surface area contributed by atoms with Crippen molar-refractivity contribution in [1.29, 1.82) is 0 Å². The Morgan fingerprint density at radius 2 is 2.10 bits per heavy atom. The molecule has 1 aromatic rings. The van der Waals surface area contributed by atoms with Crippen LogP contribution in [0.3, 0.4) is 0 Å². The van der Waals surface area contributed by atoms with Gasteiger partial charge >= 0.3 is 5.97 Å². The van der Waals surface area contributed by atoms with Crippen LogP contribution in [-0.2, 0) is 14.3 Å². The highest BCUT2D eigenvalue weighted by atomic mass is 35.5. The second kappa shape index (κ2) is 9.68. The molecule has 116 valence electrons. The van der Waals surface area contributed by atoms with E-state index in [2.05, 4.69) is 5.32 Å². The van der Waals surface area contributed by atoms with Gasteiger partial charge < -0.3 is 10.1 Å². The number of carbonyl (C=O) groups is 2. The third-order valence-corrected chi connectivity index (χ3v) is 3.82. The van der Waals surface area contributed by atoms with Gasteiger partial charge in [-0.3, -0.25) is 9.59 Å². The number of esters is 1. The summed E-state index contributed by atoms with van der Waals surface area (Å²) in [6.45, 7) is 4.36. The number of hydrogen-bond acceptors (Lipinski definition) is 4. The van der Waals surface area contributed by atoms with Crippen molar-refractivity contribution in [3.05, 3.63) is 28.8 Å². The highest BCUT2D eigenvalue weighted by molar-refractivity contribution is 8.00. The van der Waals surface area contributed by atoms with E-state index in [9.17, 15) is 9.59 Å². The largest absolute Gasteiger partial charge is 0.465 e. The standard InChI is InChI=1S/C15H20ClNO3S/c1-3-4-7-20-15(19)10-21-9-14(18)17-13-6-5-12(16)8-11(13)2/h5-6,8H,3-4,7,9-10H2,1-2H3,(H,17,18). The fourth-order valence-corrected chi connectivity index (χ4v) is 2.39. The van der Waals surface area contributed by atoms with Crippen molar-refractivity contribution in [2.24, 2.45) is 0 Å². The molecule has 1 N–H and O–H groups in total. The number of thioether (sulfide) groups is 1. The van der Waals surface area contributed by atoms with Gasteiger partial charge in [-0.15, -0.1) is 11.8 Å². The van der Waals surface area contributed by atoms with Crippen LogP contribution in [0.4, 0.5) is 5.69 Å². The number of hydrogen-bond donors (Lipinski definition) is 1. The van der Waals surface area contributed by atoms with Gasteiger partial charge in [0.15, 0.2) is 0 Å². The summed E-state index contributed by atoms with van der Waals surface area (Å²) in [5.74, 6) is -0.0162. The minimum absolute atomic E-state index is 0.146. The molecule has 1 aromatic carbocycles. The lowest BCUT2D eigenvalue weighted by Gasteiger charge is -2.08. The molecule has 0 bridgehead atoms. The van der Waals surface area contributed by atoms with E-state index in [0.29, 0.717) is 11.6 Å². The molecule has 4 nitrogen and oxygen atoms in total. The van der Waals surface area contributed by atoms with Crippen LogP contribution in [0.2, 0.25) is 5.02 Å². The fourth-order valence-electron chi connectivity index (χ4n) is 1.55. The molecular weight excluding hydrogens is 310 g/mol. The Morgan fingerprint density at radius 3 is 2.76 bits per heavy atom. The van der Waals surface area contributed by atoms with Crippen LogP contribution in [0, 0.1) is 6.92 Å². The van der Waals surface area contributed by atoms with Crippen molar-refractivity contribution in [2.45, 2.75) is 26.7 Å². The van der Waals surface area contributed by atoms with Crippen molar-refractivity contribution in [2.75, 3.05) is 23.4 Å². The van der Waals surface area contributed by atoms with Gasteiger partial charge in [0.2, 0.25) is 5.91 Å². The number of rotatable bonds is 8. The van der Waals surface area contributed by atoms with Gasteiger partial charge in [-0.05, 0) is 37.1 Å². The molecule has 0 spiro atoms. The SMILES string of the molecule is CCCCOC(=O)CSCC(=O)Nc1ccc(Cl)cc1C. The van der Waals surface area contributed by atoms with Crippen LogP contribution < -0.4 is 5.32 Å². The first-order chi connectivity index (χ1) is 10.0. The molecule has 0 atom stereocenters. The third kappa shape index (κ3) is 7.39. The van der Waals surface area contributed by atoms with Gasteiger partial charge in [-0.2, -0.15) is 0 Å². The first kappa shape index (κ1) is 17.9. The molecule has 0 aliphatic rings. The lowest BCUT2D eigenvalue weighted by Crippen LogP contribution is -2.17. The van der Waals surface area contributed by atoms with Crippen LogP contribution >= 0.6 is 23.4 Å². The van der Waals surface area contributed by atoms with E-state index in [0.717, 1.165) is 24.1 Å². The van der Waals surface area contributed by atoms with Crippen LogP contribution in [0.25, 0.3) is 0 Å².